The summed E-state index contributed by atoms with van der Waals surface area (Å²) in [7, 11) is 0. The second-order valence-electron chi connectivity index (χ2n) is 18.7. The first-order valence-corrected chi connectivity index (χ1v) is 24.6. The van der Waals surface area contributed by atoms with Crippen molar-refractivity contribution in [3.05, 3.63) is 260 Å². The first-order chi connectivity index (χ1) is 35.2. The van der Waals surface area contributed by atoms with Crippen LogP contribution in [0, 0.1) is 0 Å². The van der Waals surface area contributed by atoms with Gasteiger partial charge < -0.3 is 13.9 Å². The van der Waals surface area contributed by atoms with Crippen LogP contribution in [0.25, 0.3) is 111 Å². The number of para-hydroxylation sites is 4. The Balaban J connectivity index is 0.967. The molecule has 0 fully saturated rings. The number of fused-ring (bicyclic) bond motifs is 9. The zero-order valence-electron chi connectivity index (χ0n) is 39.0. The first-order valence-electron chi connectivity index (χ1n) is 24.6. The fourth-order valence-electron chi connectivity index (χ4n) is 11.4. The maximum Gasteiger partial charge on any atom is 0.143 e. The Hall–Kier alpha value is -9.18. The van der Waals surface area contributed by atoms with Crippen molar-refractivity contribution in [1.29, 1.82) is 0 Å². The van der Waals surface area contributed by atoms with Crippen LogP contribution in [0.5, 0.6) is 0 Å². The van der Waals surface area contributed by atoms with E-state index in [1.807, 2.05) is 6.07 Å². The van der Waals surface area contributed by atoms with Gasteiger partial charge in [0.25, 0.3) is 0 Å². The summed E-state index contributed by atoms with van der Waals surface area (Å²) in [5.41, 5.74) is 19.3. The van der Waals surface area contributed by atoms with Gasteiger partial charge in [0, 0.05) is 55.5 Å². The fourth-order valence-corrected chi connectivity index (χ4v) is 11.4. The number of furan rings is 1. The van der Waals surface area contributed by atoms with E-state index in [0.29, 0.717) is 0 Å². The van der Waals surface area contributed by atoms with Gasteiger partial charge in [0.1, 0.15) is 11.2 Å². The summed E-state index contributed by atoms with van der Waals surface area (Å²) in [6, 6.07) is 88.4. The van der Waals surface area contributed by atoms with Crippen LogP contribution in [-0.2, 0) is 6.42 Å². The van der Waals surface area contributed by atoms with Crippen LogP contribution < -0.4 is 4.90 Å². The minimum atomic E-state index is 0.884. The van der Waals surface area contributed by atoms with Gasteiger partial charge in [-0.15, -0.1) is 0 Å². The molecular weight excluding hydrogens is 861 g/mol. The second-order valence-corrected chi connectivity index (χ2v) is 18.7. The topological polar surface area (TPSA) is 21.3 Å². The highest BCUT2D eigenvalue weighted by Gasteiger charge is 2.24. The Kier molecular flexibility index (Phi) is 9.67. The molecule has 0 bridgehead atoms. The molecule has 3 heteroatoms. The third-order valence-electron chi connectivity index (χ3n) is 14.7. The molecule has 0 unspecified atom stereocenters. The van der Waals surface area contributed by atoms with E-state index in [1.54, 1.807) is 0 Å². The van der Waals surface area contributed by atoms with E-state index in [-0.39, 0.29) is 0 Å². The fraction of sp³-hybridized carbons (Fsp3) is 0.0294. The lowest BCUT2D eigenvalue weighted by Gasteiger charge is -2.29. The minimum Gasteiger partial charge on any atom is -0.455 e. The molecule has 2 heterocycles. The summed E-state index contributed by atoms with van der Waals surface area (Å²) >= 11 is 0. The van der Waals surface area contributed by atoms with Crippen LogP contribution in [0.15, 0.2) is 253 Å². The van der Waals surface area contributed by atoms with Crippen molar-refractivity contribution < 1.29 is 4.42 Å². The number of benzene rings is 11. The molecular formula is C68H46N2O. The number of rotatable bonds is 8. The number of aromatic nitrogens is 1. The molecule has 0 atom stereocenters. The van der Waals surface area contributed by atoms with Crippen molar-refractivity contribution in [3.8, 4) is 50.2 Å². The predicted molar refractivity (Wildman–Crippen MR) is 299 cm³/mol. The lowest BCUT2D eigenvalue weighted by Crippen LogP contribution is -2.11. The molecule has 0 saturated heterocycles. The predicted octanol–water partition coefficient (Wildman–Crippen LogP) is 18.9. The van der Waals surface area contributed by atoms with Crippen molar-refractivity contribution in [2.24, 2.45) is 0 Å². The summed E-state index contributed by atoms with van der Waals surface area (Å²) in [6.07, 6.45) is 6.65. The highest BCUT2D eigenvalue weighted by Crippen LogP contribution is 2.47. The summed E-state index contributed by atoms with van der Waals surface area (Å²) < 4.78 is 9.25. The number of nitrogens with zero attached hydrogens (tertiary/aromatic N) is 2. The average Bonchev–Trinajstić information content (AvgIpc) is 4.00. The van der Waals surface area contributed by atoms with Gasteiger partial charge >= 0.3 is 0 Å². The molecule has 0 spiro atoms. The number of allylic oxidation sites excluding steroid dienone is 1. The summed E-state index contributed by atoms with van der Waals surface area (Å²) in [4.78, 5) is 2.43. The zero-order chi connectivity index (χ0) is 46.8. The minimum absolute atomic E-state index is 0.884. The second kappa shape index (κ2) is 16.8. The van der Waals surface area contributed by atoms with Crippen molar-refractivity contribution in [2.75, 3.05) is 4.90 Å². The molecule has 14 rings (SSSR count). The number of hydrogen-bond donors (Lipinski definition) is 0. The first kappa shape index (κ1) is 40.8. The highest BCUT2D eigenvalue weighted by molar-refractivity contribution is 6.14. The molecule has 71 heavy (non-hydrogen) atoms. The average molecular weight is 907 g/mol. The van der Waals surface area contributed by atoms with Gasteiger partial charge in [-0.25, -0.2) is 0 Å². The molecule has 334 valence electrons. The Morgan fingerprint density at radius 2 is 1.07 bits per heavy atom. The molecule has 3 nitrogen and oxygen atoms in total. The molecule has 2 aromatic heterocycles. The summed E-state index contributed by atoms with van der Waals surface area (Å²) in [5, 5.41) is 8.49. The van der Waals surface area contributed by atoms with Crippen LogP contribution in [0.1, 0.15) is 17.7 Å². The Bertz CT molecular complexity index is 4230. The van der Waals surface area contributed by atoms with Crippen LogP contribution >= 0.6 is 0 Å². The van der Waals surface area contributed by atoms with Crippen molar-refractivity contribution in [3.63, 3.8) is 0 Å². The lowest BCUT2D eigenvalue weighted by molar-refractivity contribution is 0.670. The Morgan fingerprint density at radius 3 is 1.96 bits per heavy atom. The van der Waals surface area contributed by atoms with E-state index in [2.05, 4.69) is 258 Å². The van der Waals surface area contributed by atoms with Crippen molar-refractivity contribution >= 4 is 77.5 Å². The standard InChI is InChI=1S/C68H46N2O/c1-2-18-45(19-3-1)47-38-41-53(66(44-47)70-64-33-13-8-26-56(64)57-27-9-14-34-65(57)70)46-36-39-50(40-37-46)69(63-32-12-10-28-58(63)60-30-17-31-61-59-29-11-15-35-67(59)71-68(60)61)51-22-16-21-48(42-51)62-43-49-20-4-5-23-52(49)54-24-6-7-25-55(54)62/h1-13,15-33,35-44H,14,34H2. The van der Waals surface area contributed by atoms with E-state index in [1.165, 1.54) is 71.6 Å². The zero-order valence-corrected chi connectivity index (χ0v) is 39.0. The summed E-state index contributed by atoms with van der Waals surface area (Å²) in [6.45, 7) is 0. The third kappa shape index (κ3) is 6.81. The van der Waals surface area contributed by atoms with Crippen LogP contribution in [0.3, 0.4) is 0 Å². The smallest absolute Gasteiger partial charge is 0.143 e. The van der Waals surface area contributed by atoms with Gasteiger partial charge in [0.2, 0.25) is 0 Å². The molecule has 1 aliphatic carbocycles. The van der Waals surface area contributed by atoms with E-state index in [9.17, 15) is 0 Å². The van der Waals surface area contributed by atoms with E-state index in [4.69, 9.17) is 4.42 Å². The summed E-state index contributed by atoms with van der Waals surface area (Å²) in [5.74, 6) is 0. The monoisotopic (exact) mass is 906 g/mol. The molecule has 0 saturated carbocycles. The Labute approximate surface area is 412 Å². The third-order valence-corrected chi connectivity index (χ3v) is 14.7. The van der Waals surface area contributed by atoms with E-state index >= 15 is 0 Å². The van der Waals surface area contributed by atoms with Gasteiger partial charge in [-0.05, 0) is 117 Å². The molecule has 13 aromatic rings. The van der Waals surface area contributed by atoms with E-state index in [0.717, 1.165) is 74.1 Å². The SMILES string of the molecule is C1=Cc2c(n(-c3cc(-c4ccccc4)ccc3-c3ccc(N(c4cccc(-c5cc6ccccc6c6ccccc56)c4)c4ccccc4-c4cccc5c4oc4ccccc45)cc3)c3ccccc23)CC1. The molecule has 0 radical (unpaired) electrons. The maximum absolute atomic E-state index is 6.72. The molecule has 11 aromatic carbocycles. The molecule has 0 amide bonds. The Morgan fingerprint density at radius 1 is 0.394 bits per heavy atom. The van der Waals surface area contributed by atoms with Crippen LogP contribution in [-0.4, -0.2) is 4.57 Å². The van der Waals surface area contributed by atoms with Crippen molar-refractivity contribution in [1.82, 2.24) is 4.57 Å². The maximum atomic E-state index is 6.72. The van der Waals surface area contributed by atoms with Crippen LogP contribution in [0.4, 0.5) is 17.1 Å². The molecule has 0 aliphatic heterocycles. The van der Waals surface area contributed by atoms with Gasteiger partial charge in [-0.3, -0.25) is 0 Å². The largest absolute Gasteiger partial charge is 0.455 e. The van der Waals surface area contributed by atoms with Gasteiger partial charge in [-0.1, -0.05) is 200 Å². The molecule has 0 N–H and O–H groups in total. The lowest BCUT2D eigenvalue weighted by atomic mass is 9.93. The van der Waals surface area contributed by atoms with E-state index < -0.39 is 0 Å². The number of hydrogen-bond acceptors (Lipinski definition) is 2. The van der Waals surface area contributed by atoms with Gasteiger partial charge in [0.05, 0.1) is 16.9 Å². The number of anilines is 3. The normalized spacial score (nSPS) is 12.3. The van der Waals surface area contributed by atoms with Gasteiger partial charge in [0.15, 0.2) is 0 Å². The van der Waals surface area contributed by atoms with Crippen LogP contribution in [0.2, 0.25) is 0 Å². The van der Waals surface area contributed by atoms with Gasteiger partial charge in [-0.2, -0.15) is 0 Å². The quantitative estimate of drug-likeness (QED) is 0.142. The molecule has 1 aliphatic rings. The van der Waals surface area contributed by atoms with Crippen molar-refractivity contribution in [2.45, 2.75) is 12.8 Å². The highest BCUT2D eigenvalue weighted by atomic mass is 16.3.